The quantitative estimate of drug-likeness (QED) is 0.778. The van der Waals surface area contributed by atoms with E-state index in [-0.39, 0.29) is 0 Å². The smallest absolute Gasteiger partial charge is 0.368 e. The molecule has 29 heavy (non-hydrogen) atoms. The number of likely N-dealkylation sites (N-methyl/N-ethyl adjacent to an activating group) is 1. The van der Waals surface area contributed by atoms with E-state index >= 15 is 0 Å². The lowest BCUT2D eigenvalue weighted by molar-refractivity contribution is -0.682. The number of aromatic nitrogens is 2. The standard InChI is InChI=1S/C20H22N6O3/c1-5-13-6-8-14(9-7-13)25-11(2)12(3)26-16-17(22-19(25)26)23(4)20(29)24(18(16)28)10-15(21)27/h6-9,16H,5,10H2,1-4H3,(H-,21,27)/p+1. The molecule has 2 N–H and O–H groups in total. The van der Waals surface area contributed by atoms with Crippen LogP contribution in [0.5, 0.6) is 0 Å². The summed E-state index contributed by atoms with van der Waals surface area (Å²) >= 11 is 0. The Balaban J connectivity index is 1.87. The molecule has 1 fully saturated rings. The molecule has 0 spiro atoms. The number of urea groups is 1. The van der Waals surface area contributed by atoms with E-state index in [0.717, 1.165) is 28.4 Å². The molecule has 1 saturated heterocycles. The van der Waals surface area contributed by atoms with E-state index in [1.807, 2.05) is 35.1 Å². The Morgan fingerprint density at radius 1 is 1.21 bits per heavy atom. The average molecular weight is 395 g/mol. The number of imide groups is 1. The predicted molar refractivity (Wildman–Crippen MR) is 105 cm³/mol. The number of aryl methyl sites for hydroxylation is 1. The lowest BCUT2D eigenvalue weighted by atomic mass is 10.1. The van der Waals surface area contributed by atoms with Crippen molar-refractivity contribution in [1.29, 1.82) is 0 Å². The Kier molecular flexibility index (Phi) is 4.25. The second-order valence-corrected chi connectivity index (χ2v) is 7.30. The number of rotatable bonds is 4. The highest BCUT2D eigenvalue weighted by Crippen LogP contribution is 2.32. The van der Waals surface area contributed by atoms with Gasteiger partial charge >= 0.3 is 12.0 Å². The summed E-state index contributed by atoms with van der Waals surface area (Å²) in [6.45, 7) is 5.52. The van der Waals surface area contributed by atoms with Gasteiger partial charge in [0.05, 0.1) is 0 Å². The zero-order valence-corrected chi connectivity index (χ0v) is 16.8. The van der Waals surface area contributed by atoms with Crippen LogP contribution in [-0.4, -0.2) is 51.6 Å². The van der Waals surface area contributed by atoms with Crippen molar-refractivity contribution in [3.63, 3.8) is 0 Å². The summed E-state index contributed by atoms with van der Waals surface area (Å²) in [7, 11) is 1.55. The number of amidine groups is 1. The highest BCUT2D eigenvalue weighted by Gasteiger charge is 2.54. The number of nitrogens with two attached hydrogens (primary N) is 1. The van der Waals surface area contributed by atoms with Crippen LogP contribution in [0, 0.1) is 13.8 Å². The zero-order valence-electron chi connectivity index (χ0n) is 16.8. The molecule has 0 bridgehead atoms. The van der Waals surface area contributed by atoms with Crippen molar-refractivity contribution in [2.75, 3.05) is 13.6 Å². The first-order valence-electron chi connectivity index (χ1n) is 9.45. The summed E-state index contributed by atoms with van der Waals surface area (Å²) in [5.41, 5.74) is 9.19. The Morgan fingerprint density at radius 2 is 1.86 bits per heavy atom. The lowest BCUT2D eigenvalue weighted by Crippen LogP contribution is -2.64. The predicted octanol–water partition coefficient (Wildman–Crippen LogP) is 0.908. The average Bonchev–Trinajstić information content (AvgIpc) is 3.19. The minimum Gasteiger partial charge on any atom is -0.368 e. The maximum atomic E-state index is 13.1. The van der Waals surface area contributed by atoms with Crippen LogP contribution < -0.4 is 10.3 Å². The van der Waals surface area contributed by atoms with Crippen molar-refractivity contribution in [3.05, 3.63) is 41.2 Å². The summed E-state index contributed by atoms with van der Waals surface area (Å²) < 4.78 is 3.79. The molecule has 1 aromatic heterocycles. The Labute approximate surface area is 168 Å². The van der Waals surface area contributed by atoms with Gasteiger partial charge in [-0.3, -0.25) is 19.4 Å². The zero-order chi connectivity index (χ0) is 21.0. The Morgan fingerprint density at radius 3 is 2.45 bits per heavy atom. The van der Waals surface area contributed by atoms with Gasteiger partial charge in [-0.2, -0.15) is 4.57 Å². The molecular formula is C20H23N6O3+. The van der Waals surface area contributed by atoms with Gasteiger partial charge in [-0.15, -0.1) is 0 Å². The largest absolute Gasteiger partial charge is 0.407 e. The third-order valence-corrected chi connectivity index (χ3v) is 5.63. The van der Waals surface area contributed by atoms with Crippen molar-refractivity contribution in [2.45, 2.75) is 33.2 Å². The van der Waals surface area contributed by atoms with Gasteiger partial charge in [-0.1, -0.05) is 24.0 Å². The maximum absolute atomic E-state index is 13.1. The molecule has 2 aliphatic rings. The fourth-order valence-electron chi connectivity index (χ4n) is 3.93. The summed E-state index contributed by atoms with van der Waals surface area (Å²) in [6, 6.07) is 6.75. The minimum atomic E-state index is -0.804. The Bertz CT molecular complexity index is 1080. The molecule has 1 unspecified atom stereocenters. The molecule has 1 atom stereocenters. The van der Waals surface area contributed by atoms with E-state index in [0.29, 0.717) is 11.8 Å². The molecule has 9 heteroatoms. The molecule has 1 aromatic carbocycles. The van der Waals surface area contributed by atoms with Gasteiger partial charge in [0.15, 0.2) is 0 Å². The normalized spacial score (nSPS) is 18.1. The maximum Gasteiger partial charge on any atom is 0.407 e. The van der Waals surface area contributed by atoms with E-state index in [2.05, 4.69) is 24.0 Å². The first kappa shape index (κ1) is 18.9. The molecular weight excluding hydrogens is 372 g/mol. The third-order valence-electron chi connectivity index (χ3n) is 5.63. The summed E-state index contributed by atoms with van der Waals surface area (Å²) in [5, 5.41) is 0. The van der Waals surface area contributed by atoms with E-state index < -0.39 is 30.4 Å². The van der Waals surface area contributed by atoms with E-state index in [1.165, 1.54) is 10.5 Å². The van der Waals surface area contributed by atoms with Gasteiger partial charge in [-0.05, 0) is 38.0 Å². The first-order chi connectivity index (χ1) is 13.8. The molecule has 3 heterocycles. The highest BCUT2D eigenvalue weighted by atomic mass is 16.2. The van der Waals surface area contributed by atoms with E-state index in [1.54, 1.807) is 7.05 Å². The summed E-state index contributed by atoms with van der Waals surface area (Å²) in [6.07, 6.45) is 0.943. The number of fused-ring (bicyclic) bond motifs is 3. The second kappa shape index (κ2) is 6.54. The number of amides is 4. The van der Waals surface area contributed by atoms with Gasteiger partial charge in [-0.25, -0.2) is 9.36 Å². The number of nitrogens with zero attached hydrogens (tertiary/aromatic N) is 5. The van der Waals surface area contributed by atoms with Crippen LogP contribution in [0.4, 0.5) is 10.7 Å². The van der Waals surface area contributed by atoms with E-state index in [9.17, 15) is 14.4 Å². The highest BCUT2D eigenvalue weighted by molar-refractivity contribution is 6.19. The number of hydrogen-bond donors (Lipinski definition) is 1. The van der Waals surface area contributed by atoms with Crippen LogP contribution in [0.2, 0.25) is 0 Å². The van der Waals surface area contributed by atoms with E-state index in [4.69, 9.17) is 5.73 Å². The molecule has 4 rings (SSSR count). The van der Waals surface area contributed by atoms with Crippen LogP contribution >= 0.6 is 0 Å². The number of imidazole rings is 1. The Hall–Kier alpha value is -3.49. The molecule has 2 aromatic rings. The summed E-state index contributed by atoms with van der Waals surface area (Å²) in [4.78, 5) is 43.9. The van der Waals surface area contributed by atoms with Gasteiger partial charge in [0.25, 0.3) is 5.91 Å². The van der Waals surface area contributed by atoms with Gasteiger partial charge in [0.1, 0.15) is 23.6 Å². The van der Waals surface area contributed by atoms with Gasteiger partial charge in [0.2, 0.25) is 17.8 Å². The molecule has 0 saturated carbocycles. The SMILES string of the molecule is CCc1ccc(-n2c(C)c(C)[n+]3c2N=C2C3C(=O)N(CC(N)=O)C(=O)N2C)cc1. The van der Waals surface area contributed by atoms with Crippen LogP contribution in [0.25, 0.3) is 5.69 Å². The number of benzene rings is 1. The van der Waals surface area contributed by atoms with Crippen molar-refractivity contribution in [3.8, 4) is 5.69 Å². The van der Waals surface area contributed by atoms with Crippen LogP contribution in [-0.2, 0) is 16.0 Å². The lowest BCUT2D eigenvalue weighted by Gasteiger charge is -2.32. The van der Waals surface area contributed by atoms with Crippen molar-refractivity contribution >= 4 is 29.6 Å². The number of aliphatic imine (C=N–C) groups is 1. The monoisotopic (exact) mass is 395 g/mol. The second-order valence-electron chi connectivity index (χ2n) is 7.30. The van der Waals surface area contributed by atoms with Gasteiger partial charge in [0, 0.05) is 7.05 Å². The fraction of sp³-hybridized carbons (Fsp3) is 0.350. The van der Waals surface area contributed by atoms with Gasteiger partial charge < -0.3 is 5.73 Å². The molecule has 9 nitrogen and oxygen atoms in total. The number of carbonyl (C=O) groups excluding carboxylic acids is 3. The molecule has 2 aliphatic heterocycles. The van der Waals surface area contributed by atoms with Crippen molar-refractivity contribution in [1.82, 2.24) is 14.4 Å². The van der Waals surface area contributed by atoms with Crippen LogP contribution in [0.3, 0.4) is 0 Å². The number of primary amides is 1. The van der Waals surface area contributed by atoms with Crippen LogP contribution in [0.1, 0.15) is 29.9 Å². The fourth-order valence-corrected chi connectivity index (χ4v) is 3.93. The minimum absolute atomic E-state index is 0.345. The number of hydrogen-bond acceptors (Lipinski definition) is 4. The third kappa shape index (κ3) is 2.65. The van der Waals surface area contributed by atoms with Crippen molar-refractivity contribution < 1.29 is 19.0 Å². The van der Waals surface area contributed by atoms with Crippen molar-refractivity contribution in [2.24, 2.45) is 10.7 Å². The molecule has 0 aliphatic carbocycles. The summed E-state index contributed by atoms with van der Waals surface area (Å²) in [5.74, 6) is -0.336. The molecule has 4 amide bonds. The molecule has 150 valence electrons. The molecule has 0 radical (unpaired) electrons. The van der Waals surface area contributed by atoms with Crippen LogP contribution in [0.15, 0.2) is 29.3 Å². The first-order valence-corrected chi connectivity index (χ1v) is 9.45. The topological polar surface area (TPSA) is 105 Å². The number of carbonyl (C=O) groups is 3.